The molecule has 0 aliphatic heterocycles. The van der Waals surface area contributed by atoms with E-state index in [0.717, 1.165) is 11.5 Å². The number of nitrogens with zero attached hydrogens (tertiary/aromatic N) is 2. The minimum absolute atomic E-state index is 0.0205. The van der Waals surface area contributed by atoms with E-state index in [1.807, 2.05) is 20.8 Å². The van der Waals surface area contributed by atoms with Crippen molar-refractivity contribution in [1.82, 2.24) is 10.3 Å². The average molecular weight is 193 g/mol. The maximum absolute atomic E-state index is 8.55. The molecule has 0 saturated heterocycles. The standard InChI is InChI=1S/C10H15N3O/c1-7(4-11)5-12-6-10-13-8(2)9(3)14-10/h7,12H,5-6H2,1-3H3. The second kappa shape index (κ2) is 4.77. The van der Waals surface area contributed by atoms with Crippen molar-refractivity contribution in [3.05, 3.63) is 17.3 Å². The zero-order valence-electron chi connectivity index (χ0n) is 8.79. The van der Waals surface area contributed by atoms with E-state index in [9.17, 15) is 0 Å². The van der Waals surface area contributed by atoms with Crippen LogP contribution in [0.15, 0.2) is 4.42 Å². The number of aryl methyl sites for hydroxylation is 2. The molecule has 1 aromatic rings. The normalized spacial score (nSPS) is 12.4. The Morgan fingerprint density at radius 1 is 1.57 bits per heavy atom. The van der Waals surface area contributed by atoms with Gasteiger partial charge in [-0.05, 0) is 20.8 Å². The minimum Gasteiger partial charge on any atom is -0.444 e. The molecule has 0 aromatic carbocycles. The lowest BCUT2D eigenvalue weighted by molar-refractivity contribution is 0.443. The number of hydrogen-bond donors (Lipinski definition) is 1. The van der Waals surface area contributed by atoms with Gasteiger partial charge in [0.25, 0.3) is 0 Å². The van der Waals surface area contributed by atoms with Crippen molar-refractivity contribution in [2.24, 2.45) is 5.92 Å². The molecule has 1 aromatic heterocycles. The summed E-state index contributed by atoms with van der Waals surface area (Å²) in [5.41, 5.74) is 0.926. The van der Waals surface area contributed by atoms with Crippen molar-refractivity contribution in [2.75, 3.05) is 6.54 Å². The van der Waals surface area contributed by atoms with Crippen LogP contribution < -0.4 is 5.32 Å². The molecule has 0 aliphatic rings. The van der Waals surface area contributed by atoms with Crippen LogP contribution in [0.3, 0.4) is 0 Å². The summed E-state index contributed by atoms with van der Waals surface area (Å²) in [7, 11) is 0. The maximum Gasteiger partial charge on any atom is 0.208 e. The first kappa shape index (κ1) is 10.7. The molecule has 14 heavy (non-hydrogen) atoms. The van der Waals surface area contributed by atoms with Gasteiger partial charge in [-0.2, -0.15) is 5.26 Å². The highest BCUT2D eigenvalue weighted by molar-refractivity contribution is 5.05. The van der Waals surface area contributed by atoms with Crippen LogP contribution in [0.1, 0.15) is 24.3 Å². The molecule has 0 amide bonds. The van der Waals surface area contributed by atoms with Crippen molar-refractivity contribution >= 4 is 0 Å². The fourth-order valence-electron chi connectivity index (χ4n) is 1.06. The summed E-state index contributed by atoms with van der Waals surface area (Å²) in [4.78, 5) is 4.22. The molecule has 4 nitrogen and oxygen atoms in total. The van der Waals surface area contributed by atoms with E-state index in [4.69, 9.17) is 9.68 Å². The smallest absolute Gasteiger partial charge is 0.208 e. The van der Waals surface area contributed by atoms with Crippen LogP contribution in [0.4, 0.5) is 0 Å². The zero-order valence-corrected chi connectivity index (χ0v) is 8.79. The Morgan fingerprint density at radius 3 is 2.79 bits per heavy atom. The summed E-state index contributed by atoms with van der Waals surface area (Å²) in [6.07, 6.45) is 0. The van der Waals surface area contributed by atoms with Crippen molar-refractivity contribution < 1.29 is 4.42 Å². The van der Waals surface area contributed by atoms with Gasteiger partial charge in [-0.25, -0.2) is 4.98 Å². The van der Waals surface area contributed by atoms with Crippen molar-refractivity contribution in [2.45, 2.75) is 27.3 Å². The van der Waals surface area contributed by atoms with Gasteiger partial charge in [-0.1, -0.05) is 0 Å². The Bertz CT molecular complexity index is 318. The third-order valence-electron chi connectivity index (χ3n) is 2.02. The second-order valence-corrected chi connectivity index (χ2v) is 3.41. The molecule has 76 valence electrons. The Morgan fingerprint density at radius 2 is 2.29 bits per heavy atom. The fourth-order valence-corrected chi connectivity index (χ4v) is 1.06. The van der Waals surface area contributed by atoms with Crippen molar-refractivity contribution in [3.8, 4) is 6.07 Å². The molecule has 4 heteroatoms. The lowest BCUT2D eigenvalue weighted by atomic mass is 10.2. The van der Waals surface area contributed by atoms with Gasteiger partial charge in [0.1, 0.15) is 5.76 Å². The first-order valence-corrected chi connectivity index (χ1v) is 4.66. The maximum atomic E-state index is 8.55. The number of oxazole rings is 1. The SMILES string of the molecule is Cc1nc(CNCC(C)C#N)oc1C. The van der Waals surface area contributed by atoms with Crippen molar-refractivity contribution in [1.29, 1.82) is 5.26 Å². The highest BCUT2D eigenvalue weighted by atomic mass is 16.4. The fraction of sp³-hybridized carbons (Fsp3) is 0.600. The molecule has 1 heterocycles. The molecule has 0 fully saturated rings. The molecular formula is C10H15N3O. The molecule has 1 unspecified atom stereocenters. The lowest BCUT2D eigenvalue weighted by Crippen LogP contribution is -2.19. The van der Waals surface area contributed by atoms with Gasteiger partial charge in [-0.3, -0.25) is 0 Å². The van der Waals surface area contributed by atoms with Gasteiger partial charge in [0.2, 0.25) is 5.89 Å². The van der Waals surface area contributed by atoms with E-state index in [1.165, 1.54) is 0 Å². The zero-order chi connectivity index (χ0) is 10.6. The lowest BCUT2D eigenvalue weighted by Gasteiger charge is -2.01. The molecule has 1 atom stereocenters. The van der Waals surface area contributed by atoms with E-state index in [1.54, 1.807) is 0 Å². The molecular weight excluding hydrogens is 178 g/mol. The summed E-state index contributed by atoms with van der Waals surface area (Å²) in [6, 6.07) is 2.15. The monoisotopic (exact) mass is 193 g/mol. The van der Waals surface area contributed by atoms with Gasteiger partial charge in [0, 0.05) is 6.54 Å². The topological polar surface area (TPSA) is 61.9 Å². The number of nitrogens with one attached hydrogen (secondary N) is 1. The predicted octanol–water partition coefficient (Wildman–Crippen LogP) is 1.54. The average Bonchev–Trinajstić information content (AvgIpc) is 2.46. The second-order valence-electron chi connectivity index (χ2n) is 3.41. The summed E-state index contributed by atoms with van der Waals surface area (Å²) >= 11 is 0. The molecule has 0 bridgehead atoms. The van der Waals surface area contributed by atoms with Crippen LogP contribution in [0.5, 0.6) is 0 Å². The Hall–Kier alpha value is -1.34. The largest absolute Gasteiger partial charge is 0.444 e. The number of hydrogen-bond acceptors (Lipinski definition) is 4. The summed E-state index contributed by atoms with van der Waals surface area (Å²) in [6.45, 7) is 6.93. The molecule has 0 radical (unpaired) electrons. The summed E-state index contributed by atoms with van der Waals surface area (Å²) in [5.74, 6) is 1.56. The van der Waals surface area contributed by atoms with E-state index in [0.29, 0.717) is 19.0 Å². The minimum atomic E-state index is 0.0205. The Labute approximate surface area is 83.9 Å². The van der Waals surface area contributed by atoms with Gasteiger partial charge >= 0.3 is 0 Å². The van der Waals surface area contributed by atoms with E-state index in [-0.39, 0.29) is 5.92 Å². The van der Waals surface area contributed by atoms with Crippen LogP contribution in [-0.2, 0) is 6.54 Å². The van der Waals surface area contributed by atoms with Crippen molar-refractivity contribution in [3.63, 3.8) is 0 Å². The highest BCUT2D eigenvalue weighted by Gasteiger charge is 2.05. The Kier molecular flexibility index (Phi) is 3.66. The van der Waals surface area contributed by atoms with Crippen LogP contribution >= 0.6 is 0 Å². The van der Waals surface area contributed by atoms with E-state index < -0.39 is 0 Å². The van der Waals surface area contributed by atoms with Crippen LogP contribution in [0.25, 0.3) is 0 Å². The first-order chi connectivity index (χ1) is 6.63. The summed E-state index contributed by atoms with van der Waals surface area (Å²) in [5, 5.41) is 11.7. The molecule has 0 spiro atoms. The van der Waals surface area contributed by atoms with Gasteiger partial charge < -0.3 is 9.73 Å². The first-order valence-electron chi connectivity index (χ1n) is 4.66. The van der Waals surface area contributed by atoms with Gasteiger partial charge in [-0.15, -0.1) is 0 Å². The Balaban J connectivity index is 2.36. The highest BCUT2D eigenvalue weighted by Crippen LogP contribution is 2.07. The molecule has 0 saturated carbocycles. The quantitative estimate of drug-likeness (QED) is 0.787. The molecule has 1 N–H and O–H groups in total. The van der Waals surface area contributed by atoms with E-state index >= 15 is 0 Å². The third kappa shape index (κ3) is 2.86. The number of rotatable bonds is 4. The van der Waals surface area contributed by atoms with Crippen LogP contribution in [-0.4, -0.2) is 11.5 Å². The third-order valence-corrected chi connectivity index (χ3v) is 2.02. The predicted molar refractivity (Wildman–Crippen MR) is 52.5 cm³/mol. The van der Waals surface area contributed by atoms with Gasteiger partial charge in [0.15, 0.2) is 0 Å². The summed E-state index contributed by atoms with van der Waals surface area (Å²) < 4.78 is 5.37. The van der Waals surface area contributed by atoms with Crippen LogP contribution in [0.2, 0.25) is 0 Å². The van der Waals surface area contributed by atoms with Gasteiger partial charge in [0.05, 0.1) is 24.2 Å². The number of aromatic nitrogens is 1. The number of nitriles is 1. The molecule has 0 aliphatic carbocycles. The van der Waals surface area contributed by atoms with E-state index in [2.05, 4.69) is 16.4 Å². The van der Waals surface area contributed by atoms with Crippen LogP contribution in [0, 0.1) is 31.1 Å². The molecule has 1 rings (SSSR count).